The molecule has 8 heteroatoms. The van der Waals surface area contributed by atoms with Gasteiger partial charge in [0.15, 0.2) is 0 Å². The fraction of sp³-hybridized carbons (Fsp3) is 0. The average Bonchev–Trinajstić information content (AvgIpc) is 1.69. The second-order valence-electron chi connectivity index (χ2n) is 24.2. The van der Waals surface area contributed by atoms with Crippen LogP contribution in [0, 0.1) is 11.3 Å². The van der Waals surface area contributed by atoms with Crippen LogP contribution in [0.2, 0.25) is 0 Å². The monoisotopic (exact) mass is 1170 g/mol. The molecule has 426 valence electrons. The topological polar surface area (TPSA) is 66.3 Å². The van der Waals surface area contributed by atoms with Crippen LogP contribution in [-0.2, 0) is 0 Å². The minimum atomic E-state index is 0.536. The van der Waals surface area contributed by atoms with Crippen molar-refractivity contribution in [3.63, 3.8) is 0 Å². The molecule has 20 rings (SSSR count). The molecule has 0 atom stereocenters. The number of hydrogen-bond donors (Lipinski definition) is 0. The van der Waals surface area contributed by atoms with Gasteiger partial charge in [0.05, 0.1) is 83.1 Å². The molecule has 0 fully saturated rings. The standard InChI is InChI=1S/C84H50N8/c85-51-53-45-84(92-81-39-35-56(89-75-29-13-5-21-62(75)63-22-6-14-30-76(63)89)48-69(81)70-49-57(36-40-82(70)92)90-77-31-15-7-23-64(77)65-24-8-16-32-78(65)90)66(52-41-43-86-44-42-52)50-83(53)91-79-37-33-54(87-71-25-9-1-17-58(71)59-18-2-10-26-72(59)87)46-67(79)68-47-55(34-38-80(68)91)88-73-27-11-3-19-60(73)61-20-4-12-28-74(61)88/h1-50H. The van der Waals surface area contributed by atoms with E-state index in [9.17, 15) is 5.26 Å². The van der Waals surface area contributed by atoms with E-state index in [0.717, 1.165) is 133 Å². The molecule has 20 aromatic rings. The molecule has 0 spiro atoms. The molecule has 0 aliphatic rings. The summed E-state index contributed by atoms with van der Waals surface area (Å²) >= 11 is 0. The lowest BCUT2D eigenvalue weighted by Crippen LogP contribution is -2.04. The average molecular weight is 1170 g/mol. The highest BCUT2D eigenvalue weighted by Crippen LogP contribution is 2.45. The van der Waals surface area contributed by atoms with E-state index in [1.54, 1.807) is 0 Å². The zero-order valence-corrected chi connectivity index (χ0v) is 49.4. The van der Waals surface area contributed by atoms with Gasteiger partial charge in [0, 0.05) is 105 Å². The number of pyridine rings is 1. The third-order valence-electron chi connectivity index (χ3n) is 19.5. The van der Waals surface area contributed by atoms with Gasteiger partial charge in [-0.1, -0.05) is 146 Å². The molecule has 7 heterocycles. The summed E-state index contributed by atoms with van der Waals surface area (Å²) in [4.78, 5) is 4.57. The van der Waals surface area contributed by atoms with E-state index in [0.29, 0.717) is 5.56 Å². The highest BCUT2D eigenvalue weighted by Gasteiger charge is 2.26. The Morgan fingerprint density at radius 1 is 0.228 bits per heavy atom. The predicted molar refractivity (Wildman–Crippen MR) is 380 cm³/mol. The van der Waals surface area contributed by atoms with Crippen molar-refractivity contribution >= 4 is 131 Å². The second-order valence-corrected chi connectivity index (χ2v) is 24.2. The lowest BCUT2D eigenvalue weighted by Gasteiger charge is -2.19. The SMILES string of the molecule is N#Cc1cc(-n2c3ccc(-n4c5ccccc5c5ccccc54)cc3c3cc(-n4c5ccccc5c5ccccc54)ccc32)c(-c2ccncc2)cc1-n1c2ccc(-n3c4ccccc4c4ccccc43)cc2c2cc(-n3c4ccccc4c4ccccc43)ccc21. The molecule has 8 nitrogen and oxygen atoms in total. The van der Waals surface area contributed by atoms with Gasteiger partial charge < -0.3 is 27.4 Å². The molecular weight excluding hydrogens is 1120 g/mol. The summed E-state index contributed by atoms with van der Waals surface area (Å²) in [6.07, 6.45) is 3.73. The molecule has 0 radical (unpaired) electrons. The summed E-state index contributed by atoms with van der Waals surface area (Å²) in [6, 6.07) is 108. The fourth-order valence-electron chi connectivity index (χ4n) is 15.7. The van der Waals surface area contributed by atoms with Gasteiger partial charge >= 0.3 is 0 Å². The van der Waals surface area contributed by atoms with Crippen molar-refractivity contribution in [1.82, 2.24) is 32.4 Å². The minimum absolute atomic E-state index is 0.536. The Bertz CT molecular complexity index is 6040. The Labute approximate surface area is 526 Å². The van der Waals surface area contributed by atoms with E-state index in [1.165, 1.54) is 43.1 Å². The number of aromatic nitrogens is 7. The molecule has 0 unspecified atom stereocenters. The normalized spacial score (nSPS) is 12.1. The van der Waals surface area contributed by atoms with Crippen molar-refractivity contribution in [1.29, 1.82) is 5.26 Å². The van der Waals surface area contributed by atoms with Crippen LogP contribution in [-0.4, -0.2) is 32.4 Å². The van der Waals surface area contributed by atoms with Gasteiger partial charge in [-0.2, -0.15) is 5.26 Å². The van der Waals surface area contributed by atoms with Crippen molar-refractivity contribution in [2.24, 2.45) is 0 Å². The summed E-state index contributed by atoms with van der Waals surface area (Å²) < 4.78 is 14.3. The van der Waals surface area contributed by atoms with E-state index >= 15 is 0 Å². The summed E-state index contributed by atoms with van der Waals surface area (Å²) in [5, 5.41) is 25.9. The van der Waals surface area contributed by atoms with Crippen LogP contribution >= 0.6 is 0 Å². The lowest BCUT2D eigenvalue weighted by atomic mass is 10.00. The molecule has 0 aliphatic carbocycles. The van der Waals surface area contributed by atoms with Crippen molar-refractivity contribution < 1.29 is 0 Å². The van der Waals surface area contributed by atoms with E-state index in [2.05, 4.69) is 330 Å². The Hall–Kier alpha value is -12.7. The van der Waals surface area contributed by atoms with E-state index < -0.39 is 0 Å². The van der Waals surface area contributed by atoms with Crippen molar-refractivity contribution in [2.75, 3.05) is 0 Å². The van der Waals surface area contributed by atoms with Crippen LogP contribution in [0.5, 0.6) is 0 Å². The number of nitrogens with zero attached hydrogens (tertiary/aromatic N) is 8. The largest absolute Gasteiger partial charge is 0.309 e. The Balaban J connectivity index is 0.863. The molecule has 0 aliphatic heterocycles. The first-order valence-corrected chi connectivity index (χ1v) is 31.2. The summed E-state index contributed by atoms with van der Waals surface area (Å²) in [5.74, 6) is 0. The number of para-hydroxylation sites is 8. The van der Waals surface area contributed by atoms with Gasteiger partial charge in [-0.25, -0.2) is 0 Å². The van der Waals surface area contributed by atoms with E-state index in [-0.39, 0.29) is 0 Å². The molecule has 13 aromatic carbocycles. The lowest BCUT2D eigenvalue weighted by molar-refractivity contribution is 1.13. The maximum absolute atomic E-state index is 11.9. The highest BCUT2D eigenvalue weighted by atomic mass is 15.0. The third kappa shape index (κ3) is 7.01. The molecule has 0 amide bonds. The maximum Gasteiger partial charge on any atom is 0.101 e. The Morgan fingerprint density at radius 3 is 0.750 bits per heavy atom. The van der Waals surface area contributed by atoms with E-state index in [1.807, 2.05) is 12.4 Å². The molecule has 92 heavy (non-hydrogen) atoms. The Morgan fingerprint density at radius 2 is 0.478 bits per heavy atom. The van der Waals surface area contributed by atoms with Gasteiger partial charge in [0.2, 0.25) is 0 Å². The molecule has 7 aromatic heterocycles. The third-order valence-corrected chi connectivity index (χ3v) is 19.5. The quantitative estimate of drug-likeness (QED) is 0.160. The van der Waals surface area contributed by atoms with E-state index in [4.69, 9.17) is 0 Å². The first kappa shape index (κ1) is 50.3. The van der Waals surface area contributed by atoms with Gasteiger partial charge in [-0.15, -0.1) is 0 Å². The molecule has 0 N–H and O–H groups in total. The van der Waals surface area contributed by atoms with Crippen LogP contribution in [0.15, 0.2) is 304 Å². The number of hydrogen-bond acceptors (Lipinski definition) is 2. The van der Waals surface area contributed by atoms with Crippen LogP contribution in [0.1, 0.15) is 5.56 Å². The van der Waals surface area contributed by atoms with Gasteiger partial charge in [0.25, 0.3) is 0 Å². The molecule has 0 bridgehead atoms. The van der Waals surface area contributed by atoms with Crippen molar-refractivity contribution in [3.05, 3.63) is 309 Å². The van der Waals surface area contributed by atoms with Gasteiger partial charge in [0.1, 0.15) is 6.07 Å². The zero-order chi connectivity index (χ0) is 60.3. The summed E-state index contributed by atoms with van der Waals surface area (Å²) in [6.45, 7) is 0. The molecule has 0 saturated carbocycles. The number of nitriles is 1. The molecular formula is C84H50N8. The second kappa shape index (κ2) is 19.2. The maximum atomic E-state index is 11.9. The number of rotatable bonds is 7. The van der Waals surface area contributed by atoms with Crippen molar-refractivity contribution in [3.8, 4) is 51.3 Å². The fourth-order valence-corrected chi connectivity index (χ4v) is 15.7. The predicted octanol–water partition coefficient (Wildman–Crippen LogP) is 21.2. The minimum Gasteiger partial charge on any atom is -0.309 e. The van der Waals surface area contributed by atoms with Crippen LogP contribution in [0.4, 0.5) is 0 Å². The van der Waals surface area contributed by atoms with Gasteiger partial charge in [-0.05, 0) is 151 Å². The number of benzene rings is 13. The number of fused-ring (bicyclic) bond motifs is 18. The van der Waals surface area contributed by atoms with Crippen LogP contribution < -0.4 is 0 Å². The smallest absolute Gasteiger partial charge is 0.101 e. The first-order chi connectivity index (χ1) is 45.6. The summed E-state index contributed by atoms with van der Waals surface area (Å²) in [7, 11) is 0. The van der Waals surface area contributed by atoms with Crippen LogP contribution in [0.3, 0.4) is 0 Å². The van der Waals surface area contributed by atoms with Crippen molar-refractivity contribution in [2.45, 2.75) is 0 Å². The van der Waals surface area contributed by atoms with Crippen LogP contribution in [0.25, 0.3) is 176 Å². The Kier molecular flexibility index (Phi) is 10.5. The zero-order valence-electron chi connectivity index (χ0n) is 49.4. The molecule has 0 saturated heterocycles. The van der Waals surface area contributed by atoms with Gasteiger partial charge in [-0.3, -0.25) is 4.98 Å². The highest BCUT2D eigenvalue weighted by molar-refractivity contribution is 6.17. The first-order valence-electron chi connectivity index (χ1n) is 31.2. The summed E-state index contributed by atoms with van der Waals surface area (Å²) in [5.41, 5.74) is 21.5.